The first-order chi connectivity index (χ1) is 8.58. The molecule has 0 saturated heterocycles. The molecule has 96 valence electrons. The highest BCUT2D eigenvalue weighted by Crippen LogP contribution is 2.48. The summed E-state index contributed by atoms with van der Waals surface area (Å²) < 4.78 is 13.8. The summed E-state index contributed by atoms with van der Waals surface area (Å²) >= 11 is 0. The molecule has 18 heavy (non-hydrogen) atoms. The van der Waals surface area contributed by atoms with E-state index in [1.165, 1.54) is 6.07 Å². The maximum atomic E-state index is 13.8. The zero-order valence-corrected chi connectivity index (χ0v) is 10.5. The minimum atomic E-state index is -0.416. The Morgan fingerprint density at radius 1 is 1.33 bits per heavy atom. The Balaban J connectivity index is 1.93. The van der Waals surface area contributed by atoms with E-state index in [-0.39, 0.29) is 23.3 Å². The first-order valence-electron chi connectivity index (χ1n) is 6.64. The largest absolute Gasteiger partial charge is 0.327 e. The molecule has 0 aliphatic heterocycles. The Morgan fingerprint density at radius 3 is 2.72 bits per heavy atom. The van der Waals surface area contributed by atoms with Crippen LogP contribution in [-0.2, 0) is 0 Å². The lowest BCUT2D eigenvalue weighted by atomic mass is 9.80. The lowest BCUT2D eigenvalue weighted by Gasteiger charge is -2.27. The third-order valence-corrected chi connectivity index (χ3v) is 4.67. The van der Waals surface area contributed by atoms with Crippen LogP contribution in [-0.4, -0.2) is 11.8 Å². The van der Waals surface area contributed by atoms with E-state index in [0.29, 0.717) is 11.8 Å². The number of carbonyl (C=O) groups excluding carboxylic acids is 1. The number of carbonyl (C=O) groups is 1. The fraction of sp³-hybridized carbons (Fsp3) is 0.533. The standard InChI is InChI=1S/C15H18FNO/c1-8-2-5-12(16)11(6-8)15(18)13-9-3-4-10(7-9)14(13)17/h2,5-6,9-10,13-14H,3-4,7,17H2,1H3. The Kier molecular flexibility index (Phi) is 2.74. The molecule has 2 bridgehead atoms. The van der Waals surface area contributed by atoms with Gasteiger partial charge in [0, 0.05) is 12.0 Å². The highest BCUT2D eigenvalue weighted by atomic mass is 19.1. The van der Waals surface area contributed by atoms with Crippen LogP contribution in [0.3, 0.4) is 0 Å². The van der Waals surface area contributed by atoms with Gasteiger partial charge in [-0.15, -0.1) is 0 Å². The molecule has 2 N–H and O–H groups in total. The Morgan fingerprint density at radius 2 is 2.06 bits per heavy atom. The monoisotopic (exact) mass is 247 g/mol. The van der Waals surface area contributed by atoms with E-state index in [4.69, 9.17) is 5.73 Å². The number of nitrogens with two attached hydrogens (primary N) is 1. The predicted octanol–water partition coefficient (Wildman–Crippen LogP) is 2.69. The van der Waals surface area contributed by atoms with E-state index in [1.807, 2.05) is 6.92 Å². The fourth-order valence-corrected chi connectivity index (χ4v) is 3.73. The number of halogens is 1. The Labute approximate surface area is 106 Å². The number of Topliss-reactive ketones (excluding diaryl/α,β-unsaturated/α-hetero) is 1. The maximum Gasteiger partial charge on any atom is 0.170 e. The van der Waals surface area contributed by atoms with Crippen LogP contribution in [0.5, 0.6) is 0 Å². The van der Waals surface area contributed by atoms with E-state index < -0.39 is 5.82 Å². The molecule has 0 amide bonds. The van der Waals surface area contributed by atoms with Crippen molar-refractivity contribution in [1.82, 2.24) is 0 Å². The minimum Gasteiger partial charge on any atom is -0.327 e. The molecule has 2 saturated carbocycles. The molecule has 1 aromatic carbocycles. The second-order valence-corrected chi connectivity index (χ2v) is 5.78. The van der Waals surface area contributed by atoms with Gasteiger partial charge in [0.05, 0.1) is 5.56 Å². The van der Waals surface area contributed by atoms with Crippen molar-refractivity contribution in [2.75, 3.05) is 0 Å². The van der Waals surface area contributed by atoms with E-state index in [2.05, 4.69) is 0 Å². The zero-order chi connectivity index (χ0) is 12.9. The lowest BCUT2D eigenvalue weighted by Crippen LogP contribution is -2.40. The topological polar surface area (TPSA) is 43.1 Å². The van der Waals surface area contributed by atoms with Gasteiger partial charge >= 0.3 is 0 Å². The van der Waals surface area contributed by atoms with Crippen molar-refractivity contribution < 1.29 is 9.18 Å². The highest BCUT2D eigenvalue weighted by molar-refractivity contribution is 5.99. The second-order valence-electron chi connectivity index (χ2n) is 5.78. The van der Waals surface area contributed by atoms with Gasteiger partial charge in [-0.3, -0.25) is 4.79 Å². The third kappa shape index (κ3) is 1.69. The lowest BCUT2D eigenvalue weighted by molar-refractivity contribution is 0.0852. The molecule has 0 spiro atoms. The average Bonchev–Trinajstić information content (AvgIpc) is 2.92. The minimum absolute atomic E-state index is 0.0730. The number of benzene rings is 1. The first kappa shape index (κ1) is 11.8. The zero-order valence-electron chi connectivity index (χ0n) is 10.5. The van der Waals surface area contributed by atoms with Crippen molar-refractivity contribution in [1.29, 1.82) is 0 Å². The summed E-state index contributed by atoms with van der Waals surface area (Å²) in [7, 11) is 0. The van der Waals surface area contributed by atoms with Crippen LogP contribution >= 0.6 is 0 Å². The van der Waals surface area contributed by atoms with Crippen molar-refractivity contribution in [3.05, 3.63) is 35.1 Å². The number of hydrogen-bond acceptors (Lipinski definition) is 2. The van der Waals surface area contributed by atoms with Crippen molar-refractivity contribution >= 4 is 5.78 Å². The van der Waals surface area contributed by atoms with Gasteiger partial charge in [-0.2, -0.15) is 0 Å². The van der Waals surface area contributed by atoms with Crippen LogP contribution in [0.4, 0.5) is 4.39 Å². The van der Waals surface area contributed by atoms with Crippen molar-refractivity contribution in [2.24, 2.45) is 23.5 Å². The predicted molar refractivity (Wildman–Crippen MR) is 67.8 cm³/mol. The second kappa shape index (κ2) is 4.16. The summed E-state index contributed by atoms with van der Waals surface area (Å²) in [5.74, 6) is 0.172. The van der Waals surface area contributed by atoms with Crippen molar-refractivity contribution in [2.45, 2.75) is 32.2 Å². The Bertz CT molecular complexity index is 497. The maximum absolute atomic E-state index is 13.8. The molecular formula is C15H18FNO. The van der Waals surface area contributed by atoms with Gasteiger partial charge in [-0.25, -0.2) is 4.39 Å². The summed E-state index contributed by atoms with van der Waals surface area (Å²) in [4.78, 5) is 12.5. The summed E-state index contributed by atoms with van der Waals surface area (Å²) in [6.07, 6.45) is 3.25. The molecule has 2 nitrogen and oxygen atoms in total. The molecule has 0 radical (unpaired) electrons. The fourth-order valence-electron chi connectivity index (χ4n) is 3.73. The number of aryl methyl sites for hydroxylation is 1. The normalized spacial score (nSPS) is 33.9. The van der Waals surface area contributed by atoms with E-state index in [1.54, 1.807) is 12.1 Å². The summed E-state index contributed by atoms with van der Waals surface area (Å²) in [6.45, 7) is 1.87. The number of rotatable bonds is 2. The molecule has 4 unspecified atom stereocenters. The molecule has 0 aromatic heterocycles. The molecule has 4 atom stereocenters. The molecule has 2 aliphatic rings. The average molecular weight is 247 g/mol. The highest BCUT2D eigenvalue weighted by Gasteiger charge is 2.49. The quantitative estimate of drug-likeness (QED) is 0.816. The Hall–Kier alpha value is -1.22. The molecule has 1 aromatic rings. The molecule has 3 heteroatoms. The molecule has 3 rings (SSSR count). The van der Waals surface area contributed by atoms with Gasteiger partial charge < -0.3 is 5.73 Å². The van der Waals surface area contributed by atoms with Gasteiger partial charge in [0.25, 0.3) is 0 Å². The van der Waals surface area contributed by atoms with Crippen LogP contribution < -0.4 is 5.73 Å². The van der Waals surface area contributed by atoms with Crippen LogP contribution in [0.15, 0.2) is 18.2 Å². The first-order valence-corrected chi connectivity index (χ1v) is 6.64. The van der Waals surface area contributed by atoms with Gasteiger partial charge in [0.2, 0.25) is 0 Å². The van der Waals surface area contributed by atoms with E-state index in [9.17, 15) is 9.18 Å². The van der Waals surface area contributed by atoms with Crippen molar-refractivity contribution in [3.8, 4) is 0 Å². The van der Waals surface area contributed by atoms with Crippen LogP contribution in [0, 0.1) is 30.5 Å². The van der Waals surface area contributed by atoms with Crippen molar-refractivity contribution in [3.63, 3.8) is 0 Å². The SMILES string of the molecule is Cc1ccc(F)c(C(=O)C2C3CCC(C3)C2N)c1. The van der Waals surface area contributed by atoms with Gasteiger partial charge in [-0.05, 0) is 50.2 Å². The number of ketones is 1. The van der Waals surface area contributed by atoms with Gasteiger partial charge in [-0.1, -0.05) is 11.6 Å². The summed E-state index contributed by atoms with van der Waals surface area (Å²) in [5.41, 5.74) is 7.29. The van der Waals surface area contributed by atoms with E-state index in [0.717, 1.165) is 24.8 Å². The molecule has 0 heterocycles. The van der Waals surface area contributed by atoms with Gasteiger partial charge in [0.15, 0.2) is 5.78 Å². The molecule has 2 fully saturated rings. The number of fused-ring (bicyclic) bond motifs is 2. The molecular weight excluding hydrogens is 229 g/mol. The van der Waals surface area contributed by atoms with Crippen LogP contribution in [0.2, 0.25) is 0 Å². The summed E-state index contributed by atoms with van der Waals surface area (Å²) in [6, 6.07) is 4.64. The van der Waals surface area contributed by atoms with Crippen LogP contribution in [0.1, 0.15) is 35.2 Å². The van der Waals surface area contributed by atoms with Gasteiger partial charge in [0.1, 0.15) is 5.82 Å². The smallest absolute Gasteiger partial charge is 0.170 e. The van der Waals surface area contributed by atoms with Crippen LogP contribution in [0.25, 0.3) is 0 Å². The summed E-state index contributed by atoms with van der Waals surface area (Å²) in [5, 5.41) is 0. The molecule has 2 aliphatic carbocycles. The third-order valence-electron chi connectivity index (χ3n) is 4.67. The van der Waals surface area contributed by atoms with E-state index >= 15 is 0 Å². The number of hydrogen-bond donors (Lipinski definition) is 1.